The second-order valence-corrected chi connectivity index (χ2v) is 9.75. The van der Waals surface area contributed by atoms with Gasteiger partial charge < -0.3 is 14.6 Å². The summed E-state index contributed by atoms with van der Waals surface area (Å²) in [4.78, 5) is 53.5. The van der Waals surface area contributed by atoms with Crippen LogP contribution in [0.5, 0.6) is 17.2 Å². The van der Waals surface area contributed by atoms with Gasteiger partial charge >= 0.3 is 0 Å². The highest BCUT2D eigenvalue weighted by Crippen LogP contribution is 2.57. The summed E-state index contributed by atoms with van der Waals surface area (Å²) in [5, 5.41) is 10.2. The lowest BCUT2D eigenvalue weighted by molar-refractivity contribution is -0.138. The van der Waals surface area contributed by atoms with Gasteiger partial charge in [-0.25, -0.2) is 0 Å². The van der Waals surface area contributed by atoms with E-state index in [0.717, 1.165) is 10.5 Å². The fourth-order valence-corrected chi connectivity index (χ4v) is 6.35. The summed E-state index contributed by atoms with van der Waals surface area (Å²) in [6.45, 7) is 0. The third kappa shape index (κ3) is 3.02. The van der Waals surface area contributed by atoms with E-state index in [1.165, 1.54) is 39.5 Å². The molecule has 34 heavy (non-hydrogen) atoms. The molecular formula is C25H22BrNO7. The summed E-state index contributed by atoms with van der Waals surface area (Å²) >= 11 is 3.20. The summed E-state index contributed by atoms with van der Waals surface area (Å²) in [7, 11) is 4.36. The van der Waals surface area contributed by atoms with Gasteiger partial charge in [-0.15, -0.1) is 0 Å². The minimum absolute atomic E-state index is 0.0800. The van der Waals surface area contributed by atoms with Crippen molar-refractivity contribution in [3.05, 3.63) is 51.0 Å². The number of hydrogen-bond acceptors (Lipinski definition) is 7. The Balaban J connectivity index is 1.79. The van der Waals surface area contributed by atoms with E-state index in [1.807, 2.05) is 6.08 Å². The Hall–Kier alpha value is -3.20. The first-order valence-electron chi connectivity index (χ1n) is 10.8. The molecule has 8 nitrogen and oxygen atoms in total. The summed E-state index contributed by atoms with van der Waals surface area (Å²) < 4.78 is 11.3. The van der Waals surface area contributed by atoms with Crippen LogP contribution in [0.3, 0.4) is 0 Å². The highest BCUT2D eigenvalue weighted by molar-refractivity contribution is 9.12. The van der Waals surface area contributed by atoms with Gasteiger partial charge in [-0.2, -0.15) is 0 Å². The van der Waals surface area contributed by atoms with Crippen LogP contribution < -0.4 is 9.47 Å². The Morgan fingerprint density at radius 1 is 1.03 bits per heavy atom. The molecule has 0 radical (unpaired) electrons. The molecule has 0 spiro atoms. The van der Waals surface area contributed by atoms with Crippen molar-refractivity contribution in [3.8, 4) is 17.2 Å². The summed E-state index contributed by atoms with van der Waals surface area (Å²) in [6, 6.07) is 2.85. The minimum Gasteiger partial charge on any atom is -0.508 e. The Kier molecular flexibility index (Phi) is 5.27. The van der Waals surface area contributed by atoms with E-state index < -0.39 is 23.7 Å². The van der Waals surface area contributed by atoms with Crippen LogP contribution in [-0.4, -0.2) is 54.7 Å². The quantitative estimate of drug-likeness (QED) is 0.365. The molecule has 5 rings (SSSR count). The van der Waals surface area contributed by atoms with Crippen molar-refractivity contribution in [1.82, 2.24) is 4.90 Å². The number of fused-ring (bicyclic) bond motifs is 3. The second kappa shape index (κ2) is 7.94. The van der Waals surface area contributed by atoms with Crippen molar-refractivity contribution in [2.75, 3.05) is 21.3 Å². The average molecular weight is 528 g/mol. The molecule has 0 saturated carbocycles. The SMILES string of the molecule is COc1cc(O)cc(OC)c1C1C2=CCC3C(=O)N(C)C(=O)C3C2CC2=C1C(=O)C=C(Br)C2=O. The normalized spacial score (nSPS) is 28.3. The first-order chi connectivity index (χ1) is 16.2. The van der Waals surface area contributed by atoms with Crippen LogP contribution in [0.1, 0.15) is 24.3 Å². The molecule has 4 unspecified atom stereocenters. The number of allylic oxidation sites excluding steroid dienone is 6. The number of likely N-dealkylation sites (tertiary alicyclic amines) is 1. The fourth-order valence-electron chi connectivity index (χ4n) is 5.90. The largest absolute Gasteiger partial charge is 0.508 e. The second-order valence-electron chi connectivity index (χ2n) is 8.89. The zero-order chi connectivity index (χ0) is 24.5. The zero-order valence-electron chi connectivity index (χ0n) is 18.8. The van der Waals surface area contributed by atoms with Gasteiger partial charge in [0.1, 0.15) is 17.2 Å². The lowest BCUT2D eigenvalue weighted by atomic mass is 9.59. The molecule has 4 atom stereocenters. The van der Waals surface area contributed by atoms with Gasteiger partial charge in [0, 0.05) is 47.9 Å². The van der Waals surface area contributed by atoms with Crippen molar-refractivity contribution in [2.24, 2.45) is 17.8 Å². The number of nitrogens with zero attached hydrogens (tertiary/aromatic N) is 1. The molecule has 176 valence electrons. The molecule has 1 aromatic rings. The Bertz CT molecular complexity index is 1250. The van der Waals surface area contributed by atoms with E-state index in [0.29, 0.717) is 23.1 Å². The maximum atomic E-state index is 13.3. The Morgan fingerprint density at radius 3 is 2.29 bits per heavy atom. The predicted octanol–water partition coefficient (Wildman–Crippen LogP) is 2.80. The monoisotopic (exact) mass is 527 g/mol. The van der Waals surface area contributed by atoms with Crippen molar-refractivity contribution in [2.45, 2.75) is 18.8 Å². The topological polar surface area (TPSA) is 110 Å². The zero-order valence-corrected chi connectivity index (χ0v) is 20.3. The number of carbonyl (C=O) groups excluding carboxylic acids is 4. The van der Waals surface area contributed by atoms with Gasteiger partial charge in [-0.1, -0.05) is 11.6 Å². The third-order valence-corrected chi connectivity index (χ3v) is 7.96. The van der Waals surface area contributed by atoms with Crippen molar-refractivity contribution >= 4 is 39.3 Å². The molecule has 0 aromatic heterocycles. The molecule has 3 aliphatic carbocycles. The van der Waals surface area contributed by atoms with E-state index in [4.69, 9.17) is 9.47 Å². The van der Waals surface area contributed by atoms with Gasteiger partial charge in [0.15, 0.2) is 11.6 Å². The summed E-state index contributed by atoms with van der Waals surface area (Å²) in [5.74, 6) is -2.93. The molecule has 1 heterocycles. The molecule has 1 N–H and O–H groups in total. The molecular weight excluding hydrogens is 506 g/mol. The lowest BCUT2D eigenvalue weighted by Gasteiger charge is -2.42. The van der Waals surface area contributed by atoms with Crippen LogP contribution in [0.4, 0.5) is 0 Å². The van der Waals surface area contributed by atoms with E-state index >= 15 is 0 Å². The number of phenols is 1. The lowest BCUT2D eigenvalue weighted by Crippen LogP contribution is -2.39. The van der Waals surface area contributed by atoms with Gasteiger partial charge in [-0.3, -0.25) is 24.1 Å². The van der Waals surface area contributed by atoms with E-state index in [-0.39, 0.29) is 51.5 Å². The molecule has 1 saturated heterocycles. The summed E-state index contributed by atoms with van der Waals surface area (Å²) in [5.41, 5.74) is 1.90. The van der Waals surface area contributed by atoms with E-state index in [2.05, 4.69) is 15.9 Å². The molecule has 4 aliphatic rings. The van der Waals surface area contributed by atoms with Crippen LogP contribution in [0, 0.1) is 17.8 Å². The number of aromatic hydroxyl groups is 1. The number of ether oxygens (including phenoxy) is 2. The smallest absolute Gasteiger partial charge is 0.233 e. The number of carbonyl (C=O) groups is 4. The van der Waals surface area contributed by atoms with Crippen LogP contribution in [0.15, 0.2) is 45.5 Å². The summed E-state index contributed by atoms with van der Waals surface area (Å²) in [6.07, 6.45) is 3.72. The average Bonchev–Trinajstić information content (AvgIpc) is 3.04. The molecule has 0 bridgehead atoms. The highest BCUT2D eigenvalue weighted by atomic mass is 79.9. The van der Waals surface area contributed by atoms with Crippen molar-refractivity contribution < 1.29 is 33.8 Å². The van der Waals surface area contributed by atoms with Gasteiger partial charge in [-0.05, 0) is 34.7 Å². The van der Waals surface area contributed by atoms with E-state index in [1.54, 1.807) is 0 Å². The first kappa shape index (κ1) is 22.6. The van der Waals surface area contributed by atoms with Gasteiger partial charge in [0.25, 0.3) is 0 Å². The highest BCUT2D eigenvalue weighted by Gasteiger charge is 2.56. The maximum absolute atomic E-state index is 13.3. The number of hydrogen-bond donors (Lipinski definition) is 1. The number of phenolic OH excluding ortho intramolecular Hbond substituents is 1. The number of imide groups is 1. The van der Waals surface area contributed by atoms with Crippen molar-refractivity contribution in [1.29, 1.82) is 0 Å². The van der Waals surface area contributed by atoms with E-state index in [9.17, 15) is 24.3 Å². The Morgan fingerprint density at radius 2 is 1.68 bits per heavy atom. The molecule has 1 aromatic carbocycles. The van der Waals surface area contributed by atoms with Crippen LogP contribution >= 0.6 is 15.9 Å². The standard InChI is InChI=1S/C25H22BrNO7/c1-27-24(31)12-5-4-11-13(19(12)25(27)32)8-14-20(16(29)9-15(26)23(14)30)21(11)22-17(33-2)6-10(28)7-18(22)34-3/h4,6-7,9,12-13,19,21,28H,5,8H2,1-3H3. The number of rotatable bonds is 3. The Labute approximate surface area is 204 Å². The van der Waals surface area contributed by atoms with Crippen LogP contribution in [0.2, 0.25) is 0 Å². The number of Topliss-reactive ketones (excluding diaryl/α,β-unsaturated/α-hetero) is 1. The predicted molar refractivity (Wildman–Crippen MR) is 124 cm³/mol. The third-order valence-electron chi connectivity index (χ3n) is 7.37. The van der Waals surface area contributed by atoms with Crippen LogP contribution in [-0.2, 0) is 19.2 Å². The number of ketones is 2. The molecule has 9 heteroatoms. The minimum atomic E-state index is -0.734. The number of amides is 2. The first-order valence-corrected chi connectivity index (χ1v) is 11.6. The molecule has 2 amide bonds. The number of halogens is 1. The molecule has 1 aliphatic heterocycles. The van der Waals surface area contributed by atoms with Crippen molar-refractivity contribution in [3.63, 3.8) is 0 Å². The fraction of sp³-hybridized carbons (Fsp3) is 0.360. The van der Waals surface area contributed by atoms with Crippen LogP contribution in [0.25, 0.3) is 0 Å². The van der Waals surface area contributed by atoms with Gasteiger partial charge in [0.2, 0.25) is 11.8 Å². The molecule has 1 fully saturated rings. The number of benzene rings is 1. The maximum Gasteiger partial charge on any atom is 0.233 e. The van der Waals surface area contributed by atoms with Gasteiger partial charge in [0.05, 0.1) is 30.5 Å². The number of methoxy groups -OCH3 is 2.